The number of esters is 1. The van der Waals surface area contributed by atoms with Gasteiger partial charge in [0.1, 0.15) is 0 Å². The van der Waals surface area contributed by atoms with Crippen molar-refractivity contribution < 1.29 is 9.53 Å². The molecule has 0 bridgehead atoms. The van der Waals surface area contributed by atoms with Crippen LogP contribution < -0.4 is 0 Å². The molecule has 0 N–H and O–H groups in total. The lowest BCUT2D eigenvalue weighted by Crippen LogP contribution is -2.46. The second-order valence-corrected chi connectivity index (χ2v) is 5.94. The minimum atomic E-state index is -0.130. The highest BCUT2D eigenvalue weighted by Gasteiger charge is 2.18. The lowest BCUT2D eigenvalue weighted by molar-refractivity contribution is -0.141. The van der Waals surface area contributed by atoms with E-state index >= 15 is 0 Å². The molecule has 0 aliphatic carbocycles. The third kappa shape index (κ3) is 4.06. The molecule has 1 fully saturated rings. The van der Waals surface area contributed by atoms with Gasteiger partial charge in [0, 0.05) is 50.9 Å². The summed E-state index contributed by atoms with van der Waals surface area (Å²) < 4.78 is 4.70. The van der Waals surface area contributed by atoms with E-state index in [0.29, 0.717) is 6.42 Å². The molecule has 0 atom stereocenters. The zero-order valence-corrected chi connectivity index (χ0v) is 13.6. The van der Waals surface area contributed by atoms with Crippen LogP contribution in [0.4, 0.5) is 0 Å². The van der Waals surface area contributed by atoms with Gasteiger partial charge in [-0.3, -0.25) is 14.7 Å². The van der Waals surface area contributed by atoms with Crippen LogP contribution in [0, 0.1) is 0 Å². The molecule has 0 spiro atoms. The molecule has 3 rings (SSSR count). The molecule has 1 aliphatic heterocycles. The van der Waals surface area contributed by atoms with Crippen LogP contribution in [0.1, 0.15) is 12.0 Å². The van der Waals surface area contributed by atoms with E-state index in [1.54, 1.807) is 0 Å². The largest absolute Gasteiger partial charge is 0.469 e. The fourth-order valence-corrected chi connectivity index (χ4v) is 3.06. The van der Waals surface area contributed by atoms with Crippen molar-refractivity contribution in [2.75, 3.05) is 39.8 Å². The summed E-state index contributed by atoms with van der Waals surface area (Å²) >= 11 is 0. The minimum Gasteiger partial charge on any atom is -0.469 e. The molecule has 0 unspecified atom stereocenters. The Morgan fingerprint density at radius 2 is 1.87 bits per heavy atom. The first-order valence-electron chi connectivity index (χ1n) is 8.10. The molecule has 1 aliphatic rings. The van der Waals surface area contributed by atoms with Gasteiger partial charge in [0.05, 0.1) is 19.0 Å². The first-order chi connectivity index (χ1) is 11.3. The lowest BCUT2D eigenvalue weighted by atomic mass is 10.1. The van der Waals surface area contributed by atoms with E-state index < -0.39 is 0 Å². The normalized spacial score (nSPS) is 16.6. The third-order valence-corrected chi connectivity index (χ3v) is 4.43. The van der Waals surface area contributed by atoms with E-state index in [4.69, 9.17) is 4.74 Å². The molecule has 5 nitrogen and oxygen atoms in total. The molecule has 122 valence electrons. The first kappa shape index (κ1) is 15.9. The predicted molar refractivity (Wildman–Crippen MR) is 90.1 cm³/mol. The number of benzene rings is 1. The number of hydrogen-bond acceptors (Lipinski definition) is 5. The number of para-hydroxylation sites is 1. The molecule has 2 aromatic rings. The van der Waals surface area contributed by atoms with Gasteiger partial charge in [0.25, 0.3) is 0 Å². The van der Waals surface area contributed by atoms with Crippen molar-refractivity contribution in [2.45, 2.75) is 13.0 Å². The van der Waals surface area contributed by atoms with Crippen molar-refractivity contribution in [3.8, 4) is 0 Å². The van der Waals surface area contributed by atoms with Gasteiger partial charge in [-0.25, -0.2) is 0 Å². The summed E-state index contributed by atoms with van der Waals surface area (Å²) in [7, 11) is 1.44. The van der Waals surface area contributed by atoms with Crippen LogP contribution in [0.15, 0.2) is 36.5 Å². The molecule has 1 aromatic carbocycles. The van der Waals surface area contributed by atoms with E-state index in [-0.39, 0.29) is 5.97 Å². The van der Waals surface area contributed by atoms with Gasteiger partial charge in [-0.1, -0.05) is 24.3 Å². The van der Waals surface area contributed by atoms with Crippen molar-refractivity contribution in [3.63, 3.8) is 0 Å². The standard InChI is InChI=1S/C18H23N3O2/c1-23-17(22)7-9-20-10-12-21(13-11-20)14-16-5-2-4-15-6-3-8-19-18(15)16/h2-6,8H,7,9-14H2,1H3. The highest BCUT2D eigenvalue weighted by molar-refractivity contribution is 5.81. The van der Waals surface area contributed by atoms with E-state index in [9.17, 15) is 4.79 Å². The molecule has 1 aromatic heterocycles. The van der Waals surface area contributed by atoms with Gasteiger partial charge < -0.3 is 9.64 Å². The average Bonchev–Trinajstić information content (AvgIpc) is 2.61. The summed E-state index contributed by atoms with van der Waals surface area (Å²) in [5.41, 5.74) is 2.38. The van der Waals surface area contributed by atoms with Gasteiger partial charge >= 0.3 is 5.97 Å². The van der Waals surface area contributed by atoms with Gasteiger partial charge in [-0.2, -0.15) is 0 Å². The Labute approximate surface area is 136 Å². The summed E-state index contributed by atoms with van der Waals surface area (Å²) in [6, 6.07) is 10.5. The van der Waals surface area contributed by atoms with Crippen LogP contribution in [0.25, 0.3) is 10.9 Å². The van der Waals surface area contributed by atoms with Crippen molar-refractivity contribution in [1.82, 2.24) is 14.8 Å². The van der Waals surface area contributed by atoms with E-state index in [0.717, 1.165) is 44.8 Å². The van der Waals surface area contributed by atoms with Crippen molar-refractivity contribution in [1.29, 1.82) is 0 Å². The van der Waals surface area contributed by atoms with Gasteiger partial charge in [-0.15, -0.1) is 0 Å². The highest BCUT2D eigenvalue weighted by atomic mass is 16.5. The van der Waals surface area contributed by atoms with Gasteiger partial charge in [0.15, 0.2) is 0 Å². The van der Waals surface area contributed by atoms with E-state index in [1.165, 1.54) is 18.1 Å². The molecule has 5 heteroatoms. The van der Waals surface area contributed by atoms with Crippen LogP contribution in [0.2, 0.25) is 0 Å². The second-order valence-electron chi connectivity index (χ2n) is 5.94. The number of carbonyl (C=O) groups excluding carboxylic acids is 1. The van der Waals surface area contributed by atoms with Crippen LogP contribution in [0.5, 0.6) is 0 Å². The summed E-state index contributed by atoms with van der Waals surface area (Å²) in [6.07, 6.45) is 2.33. The maximum absolute atomic E-state index is 11.2. The quantitative estimate of drug-likeness (QED) is 0.789. The highest BCUT2D eigenvalue weighted by Crippen LogP contribution is 2.18. The number of aromatic nitrogens is 1. The maximum Gasteiger partial charge on any atom is 0.306 e. The molecular formula is C18H23N3O2. The smallest absolute Gasteiger partial charge is 0.306 e. The number of ether oxygens (including phenoxy) is 1. The molecule has 1 saturated heterocycles. The second kappa shape index (κ2) is 7.53. The summed E-state index contributed by atoms with van der Waals surface area (Å²) in [6.45, 7) is 5.74. The Kier molecular flexibility index (Phi) is 5.20. The summed E-state index contributed by atoms with van der Waals surface area (Å²) in [5.74, 6) is -0.130. The van der Waals surface area contributed by atoms with E-state index in [2.05, 4.69) is 39.0 Å². The molecule has 0 radical (unpaired) electrons. The Bertz CT molecular complexity index is 661. The molecular weight excluding hydrogens is 290 g/mol. The Balaban J connectivity index is 1.55. The van der Waals surface area contributed by atoms with E-state index in [1.807, 2.05) is 12.3 Å². The molecule has 0 saturated carbocycles. The van der Waals surface area contributed by atoms with Crippen molar-refractivity contribution in [3.05, 3.63) is 42.1 Å². The first-order valence-corrected chi connectivity index (χ1v) is 8.10. The SMILES string of the molecule is COC(=O)CCN1CCN(Cc2cccc3cccnc23)CC1. The van der Waals surface area contributed by atoms with Crippen LogP contribution in [-0.2, 0) is 16.1 Å². The topological polar surface area (TPSA) is 45.7 Å². The Morgan fingerprint density at radius 1 is 1.13 bits per heavy atom. The minimum absolute atomic E-state index is 0.130. The van der Waals surface area contributed by atoms with Crippen LogP contribution in [-0.4, -0.2) is 60.6 Å². The number of fused-ring (bicyclic) bond motifs is 1. The number of carbonyl (C=O) groups is 1. The average molecular weight is 313 g/mol. The maximum atomic E-state index is 11.2. The fraction of sp³-hybridized carbons (Fsp3) is 0.444. The summed E-state index contributed by atoms with van der Waals surface area (Å²) in [4.78, 5) is 20.5. The van der Waals surface area contributed by atoms with Crippen LogP contribution >= 0.6 is 0 Å². The predicted octanol–water partition coefficient (Wildman–Crippen LogP) is 1.92. The number of rotatable bonds is 5. The van der Waals surface area contributed by atoms with Crippen molar-refractivity contribution >= 4 is 16.9 Å². The summed E-state index contributed by atoms with van der Waals surface area (Å²) in [5, 5.41) is 1.20. The number of piperazine rings is 1. The number of nitrogens with zero attached hydrogens (tertiary/aromatic N) is 3. The fourth-order valence-electron chi connectivity index (χ4n) is 3.06. The number of hydrogen-bond donors (Lipinski definition) is 0. The lowest BCUT2D eigenvalue weighted by Gasteiger charge is -2.34. The van der Waals surface area contributed by atoms with Gasteiger partial charge in [-0.05, 0) is 11.6 Å². The number of methoxy groups -OCH3 is 1. The Morgan fingerprint density at radius 3 is 2.65 bits per heavy atom. The molecule has 0 amide bonds. The zero-order valence-electron chi connectivity index (χ0n) is 13.6. The van der Waals surface area contributed by atoms with Crippen molar-refractivity contribution in [2.24, 2.45) is 0 Å². The number of pyridine rings is 1. The van der Waals surface area contributed by atoms with Gasteiger partial charge in [0.2, 0.25) is 0 Å². The molecule has 2 heterocycles. The molecule has 23 heavy (non-hydrogen) atoms. The monoisotopic (exact) mass is 313 g/mol. The van der Waals surface area contributed by atoms with Crippen LogP contribution in [0.3, 0.4) is 0 Å². The Hall–Kier alpha value is -1.98. The third-order valence-electron chi connectivity index (χ3n) is 4.43. The zero-order chi connectivity index (χ0) is 16.1.